The summed E-state index contributed by atoms with van der Waals surface area (Å²) in [6, 6.07) is 7.28. The van der Waals surface area contributed by atoms with Crippen LogP contribution in [0.3, 0.4) is 0 Å². The molecule has 25 heavy (non-hydrogen) atoms. The number of carbonyl (C=O) groups excluding carboxylic acids is 1. The number of carbonyl (C=O) groups is 1. The van der Waals surface area contributed by atoms with Gasteiger partial charge in [-0.05, 0) is 56.0 Å². The lowest BCUT2D eigenvalue weighted by Gasteiger charge is -2.20. The molecule has 0 aliphatic carbocycles. The minimum absolute atomic E-state index is 0.152. The number of hydrogen-bond acceptors (Lipinski definition) is 5. The first-order chi connectivity index (χ1) is 12.1. The summed E-state index contributed by atoms with van der Waals surface area (Å²) in [7, 11) is 0. The molecule has 0 atom stereocenters. The number of aromatic nitrogens is 1. The molecule has 1 fully saturated rings. The van der Waals surface area contributed by atoms with E-state index in [-0.39, 0.29) is 5.91 Å². The molecular formula is C19H25N3O2S. The number of nitrogens with one attached hydrogen (secondary N) is 2. The van der Waals surface area contributed by atoms with Gasteiger partial charge in [-0.3, -0.25) is 10.1 Å². The van der Waals surface area contributed by atoms with Crippen molar-refractivity contribution in [3.05, 3.63) is 40.9 Å². The second-order valence-electron chi connectivity index (χ2n) is 6.78. The van der Waals surface area contributed by atoms with E-state index in [1.165, 1.54) is 4.88 Å². The van der Waals surface area contributed by atoms with Gasteiger partial charge in [-0.1, -0.05) is 19.9 Å². The lowest BCUT2D eigenvalue weighted by molar-refractivity contribution is 0.102. The average Bonchev–Trinajstić information content (AvgIpc) is 3.09. The second-order valence-corrected chi connectivity index (χ2v) is 7.84. The van der Waals surface area contributed by atoms with Gasteiger partial charge in [0.25, 0.3) is 5.91 Å². The molecule has 2 aromatic rings. The summed E-state index contributed by atoms with van der Waals surface area (Å²) in [6.45, 7) is 6.93. The molecule has 1 aliphatic heterocycles. The zero-order chi connectivity index (χ0) is 17.6. The van der Waals surface area contributed by atoms with E-state index in [4.69, 9.17) is 4.74 Å². The molecule has 1 aliphatic rings. The SMILES string of the molecule is CC(C)COc1cccc(C(=O)Nc2ncc(C3CCNCC3)s2)c1. The van der Waals surface area contributed by atoms with Crippen LogP contribution in [0.2, 0.25) is 0 Å². The fourth-order valence-electron chi connectivity index (χ4n) is 2.80. The average molecular weight is 359 g/mol. The largest absolute Gasteiger partial charge is 0.493 e. The van der Waals surface area contributed by atoms with E-state index < -0.39 is 0 Å². The van der Waals surface area contributed by atoms with Crippen LogP contribution in [0.5, 0.6) is 5.75 Å². The number of ether oxygens (including phenoxy) is 1. The Balaban J connectivity index is 1.62. The number of piperidine rings is 1. The Bertz CT molecular complexity index is 708. The minimum atomic E-state index is -0.152. The standard InChI is InChI=1S/C19H25N3O2S/c1-13(2)12-24-16-5-3-4-15(10-16)18(23)22-19-21-11-17(25-19)14-6-8-20-9-7-14/h3-5,10-11,13-14,20H,6-9,12H2,1-2H3,(H,21,22,23). The fourth-order valence-corrected chi connectivity index (χ4v) is 3.78. The number of thiazole rings is 1. The highest BCUT2D eigenvalue weighted by Crippen LogP contribution is 2.31. The third-order valence-electron chi connectivity index (χ3n) is 4.17. The van der Waals surface area contributed by atoms with Gasteiger partial charge in [0.05, 0.1) is 6.61 Å². The Labute approximate surface area is 152 Å². The van der Waals surface area contributed by atoms with Crippen molar-refractivity contribution in [3.8, 4) is 5.75 Å². The van der Waals surface area contributed by atoms with Crippen LogP contribution in [-0.4, -0.2) is 30.6 Å². The third kappa shape index (κ3) is 5.03. The topological polar surface area (TPSA) is 63.2 Å². The molecule has 5 nitrogen and oxygen atoms in total. The number of benzene rings is 1. The lowest BCUT2D eigenvalue weighted by Crippen LogP contribution is -2.26. The number of nitrogens with zero attached hydrogens (tertiary/aromatic N) is 1. The van der Waals surface area contributed by atoms with Crippen LogP contribution in [0.1, 0.15) is 47.8 Å². The molecular weight excluding hydrogens is 334 g/mol. The highest BCUT2D eigenvalue weighted by atomic mass is 32.1. The van der Waals surface area contributed by atoms with E-state index in [0.717, 1.165) is 31.7 Å². The number of rotatable bonds is 6. The van der Waals surface area contributed by atoms with Crippen LogP contribution < -0.4 is 15.4 Å². The van der Waals surface area contributed by atoms with E-state index in [1.807, 2.05) is 18.3 Å². The van der Waals surface area contributed by atoms with Gasteiger partial charge in [-0.25, -0.2) is 4.98 Å². The molecule has 134 valence electrons. The van der Waals surface area contributed by atoms with Gasteiger partial charge < -0.3 is 10.1 Å². The molecule has 0 unspecified atom stereocenters. The van der Waals surface area contributed by atoms with Crippen molar-refractivity contribution in [2.24, 2.45) is 5.92 Å². The minimum Gasteiger partial charge on any atom is -0.493 e. The number of amides is 1. The van der Waals surface area contributed by atoms with E-state index >= 15 is 0 Å². The summed E-state index contributed by atoms with van der Waals surface area (Å²) in [4.78, 5) is 18.1. The molecule has 0 bridgehead atoms. The van der Waals surface area contributed by atoms with Gasteiger partial charge in [0, 0.05) is 16.6 Å². The van der Waals surface area contributed by atoms with Gasteiger partial charge in [0.2, 0.25) is 0 Å². The van der Waals surface area contributed by atoms with Crippen LogP contribution in [0.15, 0.2) is 30.5 Å². The molecule has 6 heteroatoms. The van der Waals surface area contributed by atoms with E-state index in [0.29, 0.717) is 29.1 Å². The third-order valence-corrected chi connectivity index (χ3v) is 5.24. The van der Waals surface area contributed by atoms with Crippen molar-refractivity contribution < 1.29 is 9.53 Å². The summed E-state index contributed by atoms with van der Waals surface area (Å²) < 4.78 is 5.69. The fraction of sp³-hybridized carbons (Fsp3) is 0.474. The van der Waals surface area contributed by atoms with Crippen LogP contribution in [-0.2, 0) is 0 Å². The molecule has 2 N–H and O–H groups in total. The monoisotopic (exact) mass is 359 g/mol. The number of hydrogen-bond donors (Lipinski definition) is 2. The van der Waals surface area contributed by atoms with Gasteiger partial charge in [0.1, 0.15) is 5.75 Å². The first kappa shape index (κ1) is 17.9. The smallest absolute Gasteiger partial charge is 0.257 e. The molecule has 0 radical (unpaired) electrons. The predicted octanol–water partition coefficient (Wildman–Crippen LogP) is 3.90. The first-order valence-electron chi connectivity index (χ1n) is 8.82. The van der Waals surface area contributed by atoms with Crippen molar-refractivity contribution in [1.29, 1.82) is 0 Å². The molecule has 1 aromatic carbocycles. The highest BCUT2D eigenvalue weighted by Gasteiger charge is 2.18. The maximum atomic E-state index is 12.5. The molecule has 0 spiro atoms. The Hall–Kier alpha value is -1.92. The van der Waals surface area contributed by atoms with Crippen LogP contribution in [0, 0.1) is 5.92 Å². The highest BCUT2D eigenvalue weighted by molar-refractivity contribution is 7.15. The number of anilines is 1. The quantitative estimate of drug-likeness (QED) is 0.821. The zero-order valence-electron chi connectivity index (χ0n) is 14.7. The normalized spacial score (nSPS) is 15.3. The van der Waals surface area contributed by atoms with Crippen molar-refractivity contribution >= 4 is 22.4 Å². The van der Waals surface area contributed by atoms with Gasteiger partial charge in [-0.2, -0.15) is 0 Å². The summed E-state index contributed by atoms with van der Waals surface area (Å²) in [5, 5.41) is 6.94. The van der Waals surface area contributed by atoms with Crippen molar-refractivity contribution in [1.82, 2.24) is 10.3 Å². The predicted molar refractivity (Wildman–Crippen MR) is 102 cm³/mol. The van der Waals surface area contributed by atoms with Gasteiger partial charge in [0.15, 0.2) is 5.13 Å². The van der Waals surface area contributed by atoms with Gasteiger partial charge >= 0.3 is 0 Å². The zero-order valence-corrected chi connectivity index (χ0v) is 15.6. The summed E-state index contributed by atoms with van der Waals surface area (Å²) >= 11 is 1.58. The molecule has 2 heterocycles. The molecule has 1 saturated heterocycles. The Morgan fingerprint density at radius 3 is 2.96 bits per heavy atom. The Morgan fingerprint density at radius 1 is 1.40 bits per heavy atom. The molecule has 0 saturated carbocycles. The van der Waals surface area contributed by atoms with E-state index in [9.17, 15) is 4.79 Å². The molecule has 3 rings (SSSR count). The maximum Gasteiger partial charge on any atom is 0.257 e. The molecule has 1 aromatic heterocycles. The van der Waals surface area contributed by atoms with Crippen LogP contribution in [0.25, 0.3) is 0 Å². The van der Waals surface area contributed by atoms with E-state index in [2.05, 4.69) is 29.5 Å². The Morgan fingerprint density at radius 2 is 2.20 bits per heavy atom. The molecule has 1 amide bonds. The van der Waals surface area contributed by atoms with Gasteiger partial charge in [-0.15, -0.1) is 11.3 Å². The van der Waals surface area contributed by atoms with Crippen molar-refractivity contribution in [2.45, 2.75) is 32.6 Å². The first-order valence-corrected chi connectivity index (χ1v) is 9.64. The maximum absolute atomic E-state index is 12.5. The lowest BCUT2D eigenvalue weighted by atomic mass is 9.97. The second kappa shape index (κ2) is 8.45. The summed E-state index contributed by atoms with van der Waals surface area (Å²) in [6.07, 6.45) is 4.16. The van der Waals surface area contributed by atoms with Crippen LogP contribution >= 0.6 is 11.3 Å². The van der Waals surface area contributed by atoms with E-state index in [1.54, 1.807) is 23.5 Å². The van der Waals surface area contributed by atoms with Crippen molar-refractivity contribution in [2.75, 3.05) is 25.0 Å². The summed E-state index contributed by atoms with van der Waals surface area (Å²) in [5.74, 6) is 1.57. The Kier molecular flexibility index (Phi) is 6.04. The van der Waals surface area contributed by atoms with Crippen LogP contribution in [0.4, 0.5) is 5.13 Å². The van der Waals surface area contributed by atoms with Crippen molar-refractivity contribution in [3.63, 3.8) is 0 Å². The summed E-state index contributed by atoms with van der Waals surface area (Å²) in [5.41, 5.74) is 0.583.